The molecule has 0 bridgehead atoms. The van der Waals surface area contributed by atoms with Gasteiger partial charge in [0.1, 0.15) is 5.60 Å². The fourth-order valence-corrected chi connectivity index (χ4v) is 5.28. The second kappa shape index (κ2) is 6.49. The number of ketones is 1. The van der Waals surface area contributed by atoms with Gasteiger partial charge >= 0.3 is 0 Å². The lowest BCUT2D eigenvalue weighted by Crippen LogP contribution is -2.53. The van der Waals surface area contributed by atoms with Crippen molar-refractivity contribution in [3.8, 4) is 0 Å². The summed E-state index contributed by atoms with van der Waals surface area (Å²) in [5.41, 5.74) is 1.25. The standard InChI is InChI=1S/C21H30O4/c1-13-4-7-17(23)10-15(13)5-6-16-11-18(24)12-20(3)19(16)8-9-21(20,25)14(2)22/h5-6,17-19,23-25H,1,4,7-12H2,2-3H3/b15-5-,16-6+/t17-,18-,19+,20+,21-/m1/s1. The minimum absolute atomic E-state index is 0.100. The maximum Gasteiger partial charge on any atom is 0.161 e. The van der Waals surface area contributed by atoms with Crippen LogP contribution in [0.25, 0.3) is 0 Å². The molecule has 0 radical (unpaired) electrons. The van der Waals surface area contributed by atoms with E-state index in [-0.39, 0.29) is 17.8 Å². The third-order valence-electron chi connectivity index (χ3n) is 6.86. The van der Waals surface area contributed by atoms with Crippen LogP contribution in [0, 0.1) is 11.3 Å². The Morgan fingerprint density at radius 3 is 2.60 bits per heavy atom. The number of hydrogen-bond donors (Lipinski definition) is 3. The largest absolute Gasteiger partial charge is 0.393 e. The van der Waals surface area contributed by atoms with E-state index in [1.807, 2.05) is 19.1 Å². The van der Waals surface area contributed by atoms with Crippen LogP contribution in [-0.2, 0) is 4.79 Å². The maximum absolute atomic E-state index is 12.1. The van der Waals surface area contributed by atoms with Crippen LogP contribution in [0.4, 0.5) is 0 Å². The molecule has 3 saturated carbocycles. The van der Waals surface area contributed by atoms with Crippen molar-refractivity contribution in [2.45, 2.75) is 76.6 Å². The molecule has 0 saturated heterocycles. The zero-order valence-electron chi connectivity index (χ0n) is 15.3. The van der Waals surface area contributed by atoms with Crippen LogP contribution >= 0.6 is 0 Å². The van der Waals surface area contributed by atoms with Crippen molar-refractivity contribution in [3.63, 3.8) is 0 Å². The number of rotatable bonds is 2. The molecule has 0 heterocycles. The van der Waals surface area contributed by atoms with E-state index < -0.39 is 17.1 Å². The van der Waals surface area contributed by atoms with Gasteiger partial charge in [0.15, 0.2) is 5.78 Å². The normalized spacial score (nSPS) is 45.0. The van der Waals surface area contributed by atoms with Gasteiger partial charge < -0.3 is 15.3 Å². The van der Waals surface area contributed by atoms with Gasteiger partial charge in [0, 0.05) is 5.41 Å². The van der Waals surface area contributed by atoms with E-state index in [0.29, 0.717) is 25.7 Å². The number of aliphatic hydroxyl groups is 3. The number of aliphatic hydroxyl groups excluding tert-OH is 2. The van der Waals surface area contributed by atoms with Crippen molar-refractivity contribution in [1.29, 1.82) is 0 Å². The summed E-state index contributed by atoms with van der Waals surface area (Å²) >= 11 is 0. The molecule has 4 nitrogen and oxygen atoms in total. The Kier molecular flexibility index (Phi) is 4.82. The first-order valence-electron chi connectivity index (χ1n) is 9.34. The molecule has 0 aromatic carbocycles. The molecule has 3 rings (SSSR count). The third-order valence-corrected chi connectivity index (χ3v) is 6.86. The fourth-order valence-electron chi connectivity index (χ4n) is 5.28. The van der Waals surface area contributed by atoms with Crippen LogP contribution in [0.5, 0.6) is 0 Å². The van der Waals surface area contributed by atoms with Crippen LogP contribution in [0.3, 0.4) is 0 Å². The van der Waals surface area contributed by atoms with Crippen molar-refractivity contribution in [2.24, 2.45) is 11.3 Å². The van der Waals surface area contributed by atoms with E-state index in [1.54, 1.807) is 0 Å². The van der Waals surface area contributed by atoms with Crippen LogP contribution in [0.2, 0.25) is 0 Å². The molecule has 0 unspecified atom stereocenters. The van der Waals surface area contributed by atoms with Gasteiger partial charge in [-0.05, 0) is 63.4 Å². The Bertz CT molecular complexity index is 646. The molecule has 138 valence electrons. The molecule has 0 amide bonds. The molecule has 3 N–H and O–H groups in total. The lowest BCUT2D eigenvalue weighted by Gasteiger charge is -2.47. The predicted molar refractivity (Wildman–Crippen MR) is 96.9 cm³/mol. The first-order valence-corrected chi connectivity index (χ1v) is 9.34. The Balaban J connectivity index is 1.92. The van der Waals surface area contributed by atoms with Gasteiger partial charge in [0.05, 0.1) is 12.2 Å². The topological polar surface area (TPSA) is 77.8 Å². The zero-order valence-corrected chi connectivity index (χ0v) is 15.3. The molecule has 3 fully saturated rings. The van der Waals surface area contributed by atoms with Gasteiger partial charge in [0.2, 0.25) is 0 Å². The Morgan fingerprint density at radius 1 is 1.20 bits per heavy atom. The zero-order chi connectivity index (χ0) is 18.4. The van der Waals surface area contributed by atoms with Gasteiger partial charge in [0.25, 0.3) is 0 Å². The average Bonchev–Trinajstić information content (AvgIpc) is 2.80. The van der Waals surface area contributed by atoms with E-state index in [9.17, 15) is 20.1 Å². The number of hydrogen-bond acceptors (Lipinski definition) is 4. The van der Waals surface area contributed by atoms with Gasteiger partial charge in [-0.3, -0.25) is 4.79 Å². The summed E-state index contributed by atoms with van der Waals surface area (Å²) in [5.74, 6) is -0.100. The number of carbonyl (C=O) groups excluding carboxylic acids is 1. The van der Waals surface area contributed by atoms with Gasteiger partial charge in [-0.1, -0.05) is 36.8 Å². The molecule has 0 aromatic rings. The molecule has 0 aliphatic heterocycles. The number of fused-ring (bicyclic) bond motifs is 1. The van der Waals surface area contributed by atoms with Crippen molar-refractivity contribution >= 4 is 5.78 Å². The SMILES string of the molecule is C=C1CC[C@@H](O)C/C1=C/C=C1\C[C@@H](O)C[C@@]2(C)[C@H]1CC[C@@]2(O)C(C)=O. The molecule has 3 aliphatic rings. The maximum atomic E-state index is 12.1. The predicted octanol–water partition coefficient (Wildman–Crippen LogP) is 2.83. The molecule has 0 spiro atoms. The minimum Gasteiger partial charge on any atom is -0.393 e. The van der Waals surface area contributed by atoms with Crippen molar-refractivity contribution in [3.05, 3.63) is 35.5 Å². The van der Waals surface area contributed by atoms with E-state index in [1.165, 1.54) is 6.92 Å². The number of Topliss-reactive ketones (excluding diaryl/α,β-unsaturated/α-hetero) is 1. The summed E-state index contributed by atoms with van der Waals surface area (Å²) < 4.78 is 0. The summed E-state index contributed by atoms with van der Waals surface area (Å²) in [6.45, 7) is 7.49. The smallest absolute Gasteiger partial charge is 0.161 e. The molecule has 3 aliphatic carbocycles. The average molecular weight is 346 g/mol. The van der Waals surface area contributed by atoms with Crippen LogP contribution < -0.4 is 0 Å². The van der Waals surface area contributed by atoms with E-state index in [0.717, 1.165) is 36.0 Å². The second-order valence-electron chi connectivity index (χ2n) is 8.42. The van der Waals surface area contributed by atoms with Crippen LogP contribution in [-0.4, -0.2) is 38.9 Å². The van der Waals surface area contributed by atoms with E-state index in [4.69, 9.17) is 0 Å². The summed E-state index contributed by atoms with van der Waals surface area (Å²) in [5, 5.41) is 31.3. The van der Waals surface area contributed by atoms with Gasteiger partial charge in [-0.15, -0.1) is 0 Å². The highest BCUT2D eigenvalue weighted by atomic mass is 16.3. The van der Waals surface area contributed by atoms with Crippen LogP contribution in [0.15, 0.2) is 35.5 Å². The Morgan fingerprint density at radius 2 is 1.92 bits per heavy atom. The van der Waals surface area contributed by atoms with Gasteiger partial charge in [-0.2, -0.15) is 0 Å². The van der Waals surface area contributed by atoms with E-state index in [2.05, 4.69) is 6.58 Å². The number of allylic oxidation sites excluding steroid dienone is 3. The third kappa shape index (κ3) is 3.05. The summed E-state index contributed by atoms with van der Waals surface area (Å²) in [7, 11) is 0. The summed E-state index contributed by atoms with van der Waals surface area (Å²) in [6.07, 6.45) is 7.63. The lowest BCUT2D eigenvalue weighted by atomic mass is 9.60. The highest BCUT2D eigenvalue weighted by Crippen LogP contribution is 2.59. The summed E-state index contributed by atoms with van der Waals surface area (Å²) in [6, 6.07) is 0. The lowest BCUT2D eigenvalue weighted by molar-refractivity contribution is -0.152. The van der Waals surface area contributed by atoms with Crippen LogP contribution in [0.1, 0.15) is 58.8 Å². The molecule has 5 atom stereocenters. The van der Waals surface area contributed by atoms with Gasteiger partial charge in [-0.25, -0.2) is 0 Å². The first kappa shape index (κ1) is 18.6. The summed E-state index contributed by atoms with van der Waals surface area (Å²) in [4.78, 5) is 12.1. The molecular weight excluding hydrogens is 316 g/mol. The molecule has 0 aromatic heterocycles. The molecule has 4 heteroatoms. The number of carbonyl (C=O) groups is 1. The van der Waals surface area contributed by atoms with Crippen molar-refractivity contribution in [1.82, 2.24) is 0 Å². The molecular formula is C21H30O4. The Labute approximate surface area is 149 Å². The highest BCUT2D eigenvalue weighted by Gasteiger charge is 2.61. The van der Waals surface area contributed by atoms with Crippen molar-refractivity contribution < 1.29 is 20.1 Å². The minimum atomic E-state index is -1.35. The van der Waals surface area contributed by atoms with E-state index >= 15 is 0 Å². The first-order chi connectivity index (χ1) is 11.7. The second-order valence-corrected chi connectivity index (χ2v) is 8.42. The monoisotopic (exact) mass is 346 g/mol. The quantitative estimate of drug-likeness (QED) is 0.718. The highest BCUT2D eigenvalue weighted by molar-refractivity contribution is 5.86. The fraction of sp³-hybridized carbons (Fsp3) is 0.667. The molecule has 25 heavy (non-hydrogen) atoms. The Hall–Kier alpha value is -1.23. The van der Waals surface area contributed by atoms with Crippen molar-refractivity contribution in [2.75, 3.05) is 0 Å².